The highest BCUT2D eigenvalue weighted by molar-refractivity contribution is 5.96. The third-order valence-electron chi connectivity index (χ3n) is 4.81. The number of aromatic nitrogens is 1. The molecular formula is C21H23NO2. The molecule has 0 spiro atoms. The third-order valence-corrected chi connectivity index (χ3v) is 4.81. The molecular weight excluding hydrogens is 298 g/mol. The third kappa shape index (κ3) is 2.82. The molecule has 1 aromatic heterocycles. The first kappa shape index (κ1) is 16.3. The number of carboxylic acids is 1. The normalized spacial score (nSPS) is 11.4. The first-order chi connectivity index (χ1) is 11.4. The van der Waals surface area contributed by atoms with Crippen LogP contribution in [0.1, 0.15) is 42.0 Å². The number of H-pyrrole nitrogens is 1. The lowest BCUT2D eigenvalue weighted by Crippen LogP contribution is -2.01. The van der Waals surface area contributed by atoms with Gasteiger partial charge in [0.1, 0.15) is 0 Å². The average Bonchev–Trinajstić information content (AvgIpc) is 2.89. The van der Waals surface area contributed by atoms with E-state index in [1.165, 1.54) is 16.7 Å². The Morgan fingerprint density at radius 3 is 2.33 bits per heavy atom. The lowest BCUT2D eigenvalue weighted by Gasteiger charge is -2.07. The van der Waals surface area contributed by atoms with Gasteiger partial charge in [0.2, 0.25) is 0 Å². The van der Waals surface area contributed by atoms with Gasteiger partial charge >= 0.3 is 5.97 Å². The standard InChI is InChI=1S/C21H23NO2/c1-12(2)15-6-8-16(9-7-15)21-18(11-19(23)24)17-10-5-13(3)14(4)20(17)22-21/h5-10,12,22H,11H2,1-4H3,(H,23,24). The second-order valence-electron chi connectivity index (χ2n) is 6.76. The van der Waals surface area contributed by atoms with Crippen molar-refractivity contribution in [3.8, 4) is 11.3 Å². The maximum atomic E-state index is 11.4. The van der Waals surface area contributed by atoms with Crippen LogP contribution >= 0.6 is 0 Å². The quantitative estimate of drug-likeness (QED) is 0.693. The van der Waals surface area contributed by atoms with Crippen LogP contribution in [-0.4, -0.2) is 16.1 Å². The van der Waals surface area contributed by atoms with E-state index >= 15 is 0 Å². The lowest BCUT2D eigenvalue weighted by atomic mass is 9.97. The van der Waals surface area contributed by atoms with Crippen molar-refractivity contribution >= 4 is 16.9 Å². The predicted molar refractivity (Wildman–Crippen MR) is 98.6 cm³/mol. The minimum atomic E-state index is -0.811. The zero-order valence-corrected chi connectivity index (χ0v) is 14.6. The van der Waals surface area contributed by atoms with Crippen LogP contribution in [0.3, 0.4) is 0 Å². The van der Waals surface area contributed by atoms with Gasteiger partial charge in [-0.1, -0.05) is 50.2 Å². The van der Waals surface area contributed by atoms with Gasteiger partial charge in [0.25, 0.3) is 0 Å². The summed E-state index contributed by atoms with van der Waals surface area (Å²) in [6.45, 7) is 8.48. The van der Waals surface area contributed by atoms with Gasteiger partial charge in [-0.05, 0) is 47.6 Å². The van der Waals surface area contributed by atoms with Crippen molar-refractivity contribution in [2.75, 3.05) is 0 Å². The van der Waals surface area contributed by atoms with E-state index in [1.54, 1.807) is 0 Å². The van der Waals surface area contributed by atoms with Crippen molar-refractivity contribution in [2.45, 2.75) is 40.0 Å². The molecule has 0 fully saturated rings. The van der Waals surface area contributed by atoms with Crippen molar-refractivity contribution in [2.24, 2.45) is 0 Å². The van der Waals surface area contributed by atoms with Gasteiger partial charge in [0.05, 0.1) is 12.1 Å². The molecule has 0 aliphatic rings. The van der Waals surface area contributed by atoms with Gasteiger partial charge in [-0.2, -0.15) is 0 Å². The number of benzene rings is 2. The first-order valence-corrected chi connectivity index (χ1v) is 8.31. The van der Waals surface area contributed by atoms with Crippen LogP contribution < -0.4 is 0 Å². The molecule has 3 aromatic rings. The molecule has 3 heteroatoms. The highest BCUT2D eigenvalue weighted by atomic mass is 16.4. The van der Waals surface area contributed by atoms with Crippen molar-refractivity contribution in [1.82, 2.24) is 4.98 Å². The summed E-state index contributed by atoms with van der Waals surface area (Å²) in [7, 11) is 0. The molecule has 124 valence electrons. The minimum Gasteiger partial charge on any atom is -0.481 e. The lowest BCUT2D eigenvalue weighted by molar-refractivity contribution is -0.136. The van der Waals surface area contributed by atoms with E-state index in [-0.39, 0.29) is 6.42 Å². The Hall–Kier alpha value is -2.55. The average molecular weight is 321 g/mol. The van der Waals surface area contributed by atoms with E-state index in [4.69, 9.17) is 0 Å². The number of nitrogens with one attached hydrogen (secondary N) is 1. The molecule has 2 N–H and O–H groups in total. The van der Waals surface area contributed by atoms with Crippen LogP contribution in [0, 0.1) is 13.8 Å². The molecule has 0 aliphatic carbocycles. The van der Waals surface area contributed by atoms with Gasteiger partial charge in [0, 0.05) is 10.9 Å². The first-order valence-electron chi connectivity index (χ1n) is 8.31. The number of rotatable bonds is 4. The largest absolute Gasteiger partial charge is 0.481 e. The number of hydrogen-bond donors (Lipinski definition) is 2. The van der Waals surface area contributed by atoms with Crippen molar-refractivity contribution < 1.29 is 9.90 Å². The molecule has 0 radical (unpaired) electrons. The number of hydrogen-bond acceptors (Lipinski definition) is 1. The summed E-state index contributed by atoms with van der Waals surface area (Å²) in [5.41, 5.74) is 7.49. The van der Waals surface area contributed by atoms with Crippen LogP contribution in [0.4, 0.5) is 0 Å². The molecule has 0 unspecified atom stereocenters. The number of carbonyl (C=O) groups is 1. The fourth-order valence-corrected chi connectivity index (χ4v) is 3.18. The maximum Gasteiger partial charge on any atom is 0.307 e. The fraction of sp³-hybridized carbons (Fsp3) is 0.286. The molecule has 24 heavy (non-hydrogen) atoms. The highest BCUT2D eigenvalue weighted by Crippen LogP contribution is 2.34. The molecule has 0 aliphatic heterocycles. The minimum absolute atomic E-state index is 0.0176. The summed E-state index contributed by atoms with van der Waals surface area (Å²) < 4.78 is 0. The molecule has 3 rings (SSSR count). The van der Waals surface area contributed by atoms with Crippen LogP contribution in [0.5, 0.6) is 0 Å². The summed E-state index contributed by atoms with van der Waals surface area (Å²) in [5.74, 6) is -0.334. The van der Waals surface area contributed by atoms with Gasteiger partial charge in [-0.3, -0.25) is 4.79 Å². The molecule has 0 saturated heterocycles. The second kappa shape index (κ2) is 6.16. The van der Waals surface area contributed by atoms with Gasteiger partial charge in [0.15, 0.2) is 0 Å². The highest BCUT2D eigenvalue weighted by Gasteiger charge is 2.17. The van der Waals surface area contributed by atoms with Crippen LogP contribution in [0.2, 0.25) is 0 Å². The summed E-state index contributed by atoms with van der Waals surface area (Å²) >= 11 is 0. The van der Waals surface area contributed by atoms with E-state index in [2.05, 4.69) is 63.0 Å². The second-order valence-corrected chi connectivity index (χ2v) is 6.76. The zero-order valence-electron chi connectivity index (χ0n) is 14.6. The number of aryl methyl sites for hydroxylation is 2. The van der Waals surface area contributed by atoms with Gasteiger partial charge in [-0.15, -0.1) is 0 Å². The Labute approximate surface area is 142 Å². The zero-order chi connectivity index (χ0) is 17.4. The Kier molecular flexibility index (Phi) is 4.18. The monoisotopic (exact) mass is 321 g/mol. The van der Waals surface area contributed by atoms with Gasteiger partial charge in [-0.25, -0.2) is 0 Å². The van der Waals surface area contributed by atoms with Crippen LogP contribution in [-0.2, 0) is 11.2 Å². The topological polar surface area (TPSA) is 53.1 Å². The summed E-state index contributed by atoms with van der Waals surface area (Å²) in [6.07, 6.45) is 0.0176. The van der Waals surface area contributed by atoms with E-state index in [9.17, 15) is 9.90 Å². The van der Waals surface area contributed by atoms with E-state index in [0.717, 1.165) is 27.7 Å². The van der Waals surface area contributed by atoms with Crippen LogP contribution in [0.15, 0.2) is 36.4 Å². The van der Waals surface area contributed by atoms with E-state index in [1.807, 2.05) is 6.07 Å². The van der Waals surface area contributed by atoms with E-state index in [0.29, 0.717) is 5.92 Å². The maximum absolute atomic E-state index is 11.4. The molecule has 2 aromatic carbocycles. The Morgan fingerprint density at radius 2 is 1.75 bits per heavy atom. The van der Waals surface area contributed by atoms with Crippen molar-refractivity contribution in [3.05, 3.63) is 58.7 Å². The smallest absolute Gasteiger partial charge is 0.307 e. The predicted octanol–water partition coefficient (Wildman–Crippen LogP) is 5.20. The van der Waals surface area contributed by atoms with Crippen molar-refractivity contribution in [3.63, 3.8) is 0 Å². The van der Waals surface area contributed by atoms with Crippen LogP contribution in [0.25, 0.3) is 22.2 Å². The Balaban J connectivity index is 2.22. The fourth-order valence-electron chi connectivity index (χ4n) is 3.18. The summed E-state index contributed by atoms with van der Waals surface area (Å²) in [5, 5.41) is 10.3. The summed E-state index contributed by atoms with van der Waals surface area (Å²) in [4.78, 5) is 14.9. The Bertz CT molecular complexity index is 902. The molecule has 0 amide bonds. The summed E-state index contributed by atoms with van der Waals surface area (Å²) in [6, 6.07) is 12.5. The molecule has 1 heterocycles. The molecule has 3 nitrogen and oxygen atoms in total. The van der Waals surface area contributed by atoms with Crippen molar-refractivity contribution in [1.29, 1.82) is 0 Å². The van der Waals surface area contributed by atoms with E-state index < -0.39 is 5.97 Å². The SMILES string of the molecule is Cc1ccc2c(CC(=O)O)c(-c3ccc(C(C)C)cc3)[nH]c2c1C. The number of aromatic amines is 1. The molecule has 0 atom stereocenters. The Morgan fingerprint density at radius 1 is 1.08 bits per heavy atom. The molecule has 0 bridgehead atoms. The van der Waals surface area contributed by atoms with Gasteiger partial charge < -0.3 is 10.1 Å². The number of aliphatic carboxylic acids is 1. The number of fused-ring (bicyclic) bond motifs is 1. The number of carboxylic acid groups (broad SMARTS) is 1. The molecule has 0 saturated carbocycles.